The van der Waals surface area contributed by atoms with Gasteiger partial charge in [-0.15, -0.1) is 12.4 Å². The van der Waals surface area contributed by atoms with Crippen LogP contribution in [0.15, 0.2) is 0 Å². The van der Waals surface area contributed by atoms with Gasteiger partial charge in [-0.05, 0) is 18.9 Å². The highest BCUT2D eigenvalue weighted by molar-refractivity contribution is 5.85. The molecule has 96 valence electrons. The third-order valence-electron chi connectivity index (χ3n) is 3.02. The Balaban J connectivity index is 0.00000225. The third kappa shape index (κ3) is 4.68. The summed E-state index contributed by atoms with van der Waals surface area (Å²) in [5.74, 6) is 0.589. The Labute approximate surface area is 104 Å². The maximum absolute atomic E-state index is 11.7. The van der Waals surface area contributed by atoms with Crippen molar-refractivity contribution in [3.8, 4) is 0 Å². The second kappa shape index (κ2) is 7.87. The van der Waals surface area contributed by atoms with Gasteiger partial charge in [-0.25, -0.2) is 0 Å². The zero-order valence-corrected chi connectivity index (χ0v) is 11.1. The summed E-state index contributed by atoms with van der Waals surface area (Å²) in [6.45, 7) is 6.50. The van der Waals surface area contributed by atoms with Crippen molar-refractivity contribution in [2.24, 2.45) is 11.8 Å². The van der Waals surface area contributed by atoms with Crippen molar-refractivity contribution in [1.29, 1.82) is 0 Å². The predicted octanol–water partition coefficient (Wildman–Crippen LogP) is 0.805. The highest BCUT2D eigenvalue weighted by Crippen LogP contribution is 2.11. The molecule has 0 aromatic carbocycles. The molecule has 0 spiro atoms. The van der Waals surface area contributed by atoms with E-state index >= 15 is 0 Å². The second-order valence-electron chi connectivity index (χ2n) is 4.44. The van der Waals surface area contributed by atoms with Gasteiger partial charge in [-0.1, -0.05) is 13.8 Å². The van der Waals surface area contributed by atoms with E-state index in [2.05, 4.69) is 17.6 Å². The van der Waals surface area contributed by atoms with Crippen LogP contribution in [0.4, 0.5) is 0 Å². The van der Waals surface area contributed by atoms with Gasteiger partial charge in [-0.2, -0.15) is 0 Å². The van der Waals surface area contributed by atoms with Crippen LogP contribution in [0.5, 0.6) is 0 Å². The van der Waals surface area contributed by atoms with Crippen molar-refractivity contribution in [2.75, 3.05) is 26.8 Å². The van der Waals surface area contributed by atoms with Crippen LogP contribution >= 0.6 is 12.4 Å². The van der Waals surface area contributed by atoms with Gasteiger partial charge in [0.2, 0.25) is 5.91 Å². The van der Waals surface area contributed by atoms with Crippen LogP contribution in [0.25, 0.3) is 0 Å². The Bertz CT molecular complexity index is 214. The highest BCUT2D eigenvalue weighted by atomic mass is 35.5. The molecule has 0 aromatic rings. The van der Waals surface area contributed by atoms with Crippen molar-refractivity contribution in [1.82, 2.24) is 10.6 Å². The third-order valence-corrected chi connectivity index (χ3v) is 3.02. The molecule has 1 amide bonds. The van der Waals surface area contributed by atoms with Crippen LogP contribution in [-0.2, 0) is 9.53 Å². The molecule has 1 saturated heterocycles. The number of hydrogen-bond acceptors (Lipinski definition) is 3. The summed E-state index contributed by atoms with van der Waals surface area (Å²) in [7, 11) is 1.62. The molecule has 2 N–H and O–H groups in total. The first-order valence-corrected chi connectivity index (χ1v) is 5.65. The molecule has 0 aliphatic carbocycles. The van der Waals surface area contributed by atoms with Gasteiger partial charge in [0.05, 0.1) is 12.5 Å². The number of hydrogen-bond donors (Lipinski definition) is 2. The van der Waals surface area contributed by atoms with E-state index in [0.717, 1.165) is 19.5 Å². The number of piperidine rings is 1. The molecule has 0 aromatic heterocycles. The zero-order chi connectivity index (χ0) is 11.3. The van der Waals surface area contributed by atoms with E-state index in [-0.39, 0.29) is 30.3 Å². The van der Waals surface area contributed by atoms with Gasteiger partial charge in [0.1, 0.15) is 0 Å². The minimum absolute atomic E-state index is 0. The Hall–Kier alpha value is -0.320. The van der Waals surface area contributed by atoms with Crippen LogP contribution in [0.3, 0.4) is 0 Å². The molecule has 5 heteroatoms. The van der Waals surface area contributed by atoms with Crippen molar-refractivity contribution >= 4 is 18.3 Å². The van der Waals surface area contributed by atoms with Crippen LogP contribution in [-0.4, -0.2) is 38.8 Å². The van der Waals surface area contributed by atoms with Crippen molar-refractivity contribution in [2.45, 2.75) is 26.3 Å². The summed E-state index contributed by atoms with van der Waals surface area (Å²) in [4.78, 5) is 11.7. The summed E-state index contributed by atoms with van der Waals surface area (Å²) in [5, 5.41) is 6.37. The smallest absolute Gasteiger partial charge is 0.225 e. The number of rotatable bonds is 4. The lowest BCUT2D eigenvalue weighted by Crippen LogP contribution is -2.51. The molecule has 1 aliphatic heterocycles. The average molecular weight is 251 g/mol. The largest absolute Gasteiger partial charge is 0.384 e. The molecule has 16 heavy (non-hydrogen) atoms. The first-order valence-electron chi connectivity index (χ1n) is 5.65. The number of halogens is 1. The molecule has 1 aliphatic rings. The molecule has 0 radical (unpaired) electrons. The lowest BCUT2D eigenvalue weighted by atomic mass is 9.94. The summed E-state index contributed by atoms with van der Waals surface area (Å²) >= 11 is 0. The van der Waals surface area contributed by atoms with E-state index in [4.69, 9.17) is 4.74 Å². The molecule has 1 rings (SSSR count). The Morgan fingerprint density at radius 1 is 1.62 bits per heavy atom. The standard InChI is InChI=1S/C11H22N2O2.ClH/c1-8-4-5-12-6-10(8)13-11(14)9(2)7-15-3;/h8-10,12H,4-7H2,1-3H3,(H,13,14);1H. The van der Waals surface area contributed by atoms with Gasteiger partial charge in [-0.3, -0.25) is 4.79 Å². The van der Waals surface area contributed by atoms with Crippen LogP contribution in [0.2, 0.25) is 0 Å². The Morgan fingerprint density at radius 3 is 2.88 bits per heavy atom. The van der Waals surface area contributed by atoms with Crippen LogP contribution in [0.1, 0.15) is 20.3 Å². The number of carbonyl (C=O) groups is 1. The average Bonchev–Trinajstić information content (AvgIpc) is 2.21. The SMILES string of the molecule is COCC(C)C(=O)NC1CNCCC1C.Cl. The van der Waals surface area contributed by atoms with Gasteiger partial charge < -0.3 is 15.4 Å². The summed E-state index contributed by atoms with van der Waals surface area (Å²) < 4.78 is 4.96. The number of carbonyl (C=O) groups excluding carboxylic acids is 1. The van der Waals surface area contributed by atoms with E-state index in [0.29, 0.717) is 12.5 Å². The first-order chi connectivity index (χ1) is 7.15. The van der Waals surface area contributed by atoms with E-state index < -0.39 is 0 Å². The molecule has 0 saturated carbocycles. The van der Waals surface area contributed by atoms with Gasteiger partial charge in [0.25, 0.3) is 0 Å². The molecule has 3 unspecified atom stereocenters. The lowest BCUT2D eigenvalue weighted by Gasteiger charge is -2.31. The molecular formula is C11H23ClN2O2. The quantitative estimate of drug-likeness (QED) is 0.776. The summed E-state index contributed by atoms with van der Waals surface area (Å²) in [5.41, 5.74) is 0. The summed E-state index contributed by atoms with van der Waals surface area (Å²) in [6, 6.07) is 0.269. The minimum atomic E-state index is -0.0656. The maximum Gasteiger partial charge on any atom is 0.225 e. The van der Waals surface area contributed by atoms with E-state index in [1.54, 1.807) is 7.11 Å². The van der Waals surface area contributed by atoms with E-state index in [1.165, 1.54) is 0 Å². The fourth-order valence-corrected chi connectivity index (χ4v) is 1.83. The Morgan fingerprint density at radius 2 is 2.31 bits per heavy atom. The normalized spacial score (nSPS) is 26.7. The Kier molecular flexibility index (Phi) is 7.72. The number of methoxy groups -OCH3 is 1. The van der Waals surface area contributed by atoms with Crippen molar-refractivity contribution in [3.05, 3.63) is 0 Å². The minimum Gasteiger partial charge on any atom is -0.384 e. The number of ether oxygens (including phenoxy) is 1. The van der Waals surface area contributed by atoms with E-state index in [1.807, 2.05) is 6.92 Å². The molecule has 1 fully saturated rings. The molecule has 1 heterocycles. The second-order valence-corrected chi connectivity index (χ2v) is 4.44. The van der Waals surface area contributed by atoms with Gasteiger partial charge >= 0.3 is 0 Å². The predicted molar refractivity (Wildman–Crippen MR) is 66.9 cm³/mol. The van der Waals surface area contributed by atoms with Crippen molar-refractivity contribution in [3.63, 3.8) is 0 Å². The van der Waals surface area contributed by atoms with Gasteiger partial charge in [0, 0.05) is 19.7 Å². The number of nitrogens with one attached hydrogen (secondary N) is 2. The molecule has 0 bridgehead atoms. The maximum atomic E-state index is 11.7. The highest BCUT2D eigenvalue weighted by Gasteiger charge is 2.24. The lowest BCUT2D eigenvalue weighted by molar-refractivity contribution is -0.127. The fourth-order valence-electron chi connectivity index (χ4n) is 1.83. The van der Waals surface area contributed by atoms with E-state index in [9.17, 15) is 4.79 Å². The molecule has 4 nitrogen and oxygen atoms in total. The van der Waals surface area contributed by atoms with Gasteiger partial charge in [0.15, 0.2) is 0 Å². The monoisotopic (exact) mass is 250 g/mol. The van der Waals surface area contributed by atoms with Crippen LogP contribution in [0, 0.1) is 11.8 Å². The zero-order valence-electron chi connectivity index (χ0n) is 10.3. The molecule has 3 atom stereocenters. The topological polar surface area (TPSA) is 50.4 Å². The first kappa shape index (κ1) is 15.7. The van der Waals surface area contributed by atoms with Crippen LogP contribution < -0.4 is 10.6 Å². The molecular weight excluding hydrogens is 228 g/mol. The fraction of sp³-hybridized carbons (Fsp3) is 0.909. The summed E-state index contributed by atoms with van der Waals surface area (Å²) in [6.07, 6.45) is 1.13. The number of amides is 1. The van der Waals surface area contributed by atoms with Crippen molar-refractivity contribution < 1.29 is 9.53 Å².